The highest BCUT2D eigenvalue weighted by molar-refractivity contribution is 5.46. The van der Waals surface area contributed by atoms with Crippen molar-refractivity contribution < 1.29 is 14.1 Å². The van der Waals surface area contributed by atoms with E-state index in [1.807, 2.05) is 0 Å². The van der Waals surface area contributed by atoms with Gasteiger partial charge >= 0.3 is 5.69 Å². The fourth-order valence-electron chi connectivity index (χ4n) is 2.05. The van der Waals surface area contributed by atoms with Gasteiger partial charge in [-0.15, -0.1) is 0 Å². The Kier molecular flexibility index (Phi) is 4.09. The Morgan fingerprint density at radius 1 is 1.56 bits per heavy atom. The van der Waals surface area contributed by atoms with Gasteiger partial charge in [0.05, 0.1) is 11.5 Å². The van der Waals surface area contributed by atoms with Crippen molar-refractivity contribution in [3.05, 3.63) is 34.1 Å². The van der Waals surface area contributed by atoms with E-state index in [4.69, 9.17) is 4.74 Å². The molecule has 98 valence electrons. The van der Waals surface area contributed by atoms with Crippen molar-refractivity contribution in [1.29, 1.82) is 0 Å². The van der Waals surface area contributed by atoms with Gasteiger partial charge in [0.2, 0.25) is 5.75 Å². The van der Waals surface area contributed by atoms with Gasteiger partial charge in [-0.3, -0.25) is 10.1 Å². The van der Waals surface area contributed by atoms with Crippen LogP contribution < -0.4 is 10.1 Å². The average molecular weight is 254 g/mol. The van der Waals surface area contributed by atoms with Crippen molar-refractivity contribution in [3.63, 3.8) is 0 Å². The number of para-hydroxylation sites is 1. The predicted octanol–water partition coefficient (Wildman–Crippen LogP) is 2.11. The lowest BCUT2D eigenvalue weighted by atomic mass is 10.0. The van der Waals surface area contributed by atoms with Gasteiger partial charge in [0.25, 0.3) is 0 Å². The summed E-state index contributed by atoms with van der Waals surface area (Å²) in [6.45, 7) is 2.09. The number of nitrogens with zero attached hydrogens (tertiary/aromatic N) is 1. The van der Waals surface area contributed by atoms with Crippen molar-refractivity contribution >= 4 is 5.69 Å². The minimum atomic E-state index is -0.687. The molecule has 6 heteroatoms. The maximum absolute atomic E-state index is 13.5. The van der Waals surface area contributed by atoms with Crippen LogP contribution in [0.1, 0.15) is 12.8 Å². The van der Waals surface area contributed by atoms with Crippen molar-refractivity contribution in [2.24, 2.45) is 5.92 Å². The summed E-state index contributed by atoms with van der Waals surface area (Å²) in [5.41, 5.74) is -0.321. The van der Waals surface area contributed by atoms with E-state index in [0.717, 1.165) is 25.9 Å². The van der Waals surface area contributed by atoms with E-state index in [1.165, 1.54) is 18.2 Å². The lowest BCUT2D eigenvalue weighted by Crippen LogP contribution is -2.33. The summed E-state index contributed by atoms with van der Waals surface area (Å²) >= 11 is 0. The largest absolute Gasteiger partial charge is 0.484 e. The molecule has 1 N–H and O–H groups in total. The molecule has 1 aromatic rings. The predicted molar refractivity (Wildman–Crippen MR) is 64.1 cm³/mol. The Bertz CT molecular complexity index is 433. The van der Waals surface area contributed by atoms with Crippen LogP contribution in [0, 0.1) is 21.8 Å². The minimum absolute atomic E-state index is 0.256. The van der Waals surface area contributed by atoms with Crippen LogP contribution in [0.25, 0.3) is 0 Å². The van der Waals surface area contributed by atoms with Crippen LogP contribution in [-0.4, -0.2) is 24.6 Å². The first-order valence-corrected chi connectivity index (χ1v) is 5.95. The molecule has 2 rings (SSSR count). The molecule has 5 nitrogen and oxygen atoms in total. The molecule has 1 aromatic carbocycles. The molecule has 1 aliphatic rings. The fourth-order valence-corrected chi connectivity index (χ4v) is 2.05. The number of hydrogen-bond acceptors (Lipinski definition) is 4. The van der Waals surface area contributed by atoms with Gasteiger partial charge in [-0.2, -0.15) is 0 Å². The Hall–Kier alpha value is -1.69. The van der Waals surface area contributed by atoms with Crippen LogP contribution in [0.15, 0.2) is 18.2 Å². The van der Waals surface area contributed by atoms with E-state index in [-0.39, 0.29) is 17.4 Å². The average Bonchev–Trinajstić information content (AvgIpc) is 2.38. The summed E-state index contributed by atoms with van der Waals surface area (Å²) < 4.78 is 18.8. The molecule has 0 aromatic heterocycles. The number of piperidine rings is 1. The second-order valence-corrected chi connectivity index (χ2v) is 4.37. The molecule has 1 unspecified atom stereocenters. The van der Waals surface area contributed by atoms with Crippen LogP contribution in [0.4, 0.5) is 10.1 Å². The molecule has 0 spiro atoms. The number of nitrogens with one attached hydrogen (secondary N) is 1. The molecule has 0 aliphatic carbocycles. The Morgan fingerprint density at radius 3 is 3.06 bits per heavy atom. The summed E-state index contributed by atoms with van der Waals surface area (Å²) in [6.07, 6.45) is 2.04. The maximum Gasteiger partial charge on any atom is 0.314 e. The summed E-state index contributed by atoms with van der Waals surface area (Å²) in [5, 5.41) is 14.0. The van der Waals surface area contributed by atoms with Crippen LogP contribution in [0.2, 0.25) is 0 Å². The van der Waals surface area contributed by atoms with Gasteiger partial charge in [-0.05, 0) is 25.5 Å². The molecule has 1 fully saturated rings. The zero-order chi connectivity index (χ0) is 13.0. The summed E-state index contributed by atoms with van der Waals surface area (Å²) in [5.74, 6) is -0.668. The Morgan fingerprint density at radius 2 is 2.39 bits per heavy atom. The van der Waals surface area contributed by atoms with Crippen LogP contribution >= 0.6 is 0 Å². The van der Waals surface area contributed by atoms with Crippen LogP contribution in [0.5, 0.6) is 5.75 Å². The molecule has 1 saturated heterocycles. The first-order valence-electron chi connectivity index (χ1n) is 5.95. The van der Waals surface area contributed by atoms with E-state index in [1.54, 1.807) is 0 Å². The normalized spacial score (nSPS) is 19.5. The third kappa shape index (κ3) is 2.95. The number of benzene rings is 1. The number of hydrogen-bond donors (Lipinski definition) is 1. The standard InChI is InChI=1S/C12H15FN2O3/c13-10-4-1-5-11(15(16)17)12(10)18-8-9-3-2-6-14-7-9/h1,4-5,9,14H,2-3,6-8H2. The van der Waals surface area contributed by atoms with Crippen molar-refractivity contribution in [1.82, 2.24) is 5.32 Å². The molecule has 0 amide bonds. The number of nitro groups is 1. The van der Waals surface area contributed by atoms with Gasteiger partial charge < -0.3 is 10.1 Å². The number of ether oxygens (including phenoxy) is 1. The number of halogens is 1. The second-order valence-electron chi connectivity index (χ2n) is 4.37. The highest BCUT2D eigenvalue weighted by Gasteiger charge is 2.21. The van der Waals surface area contributed by atoms with Gasteiger partial charge in [0.15, 0.2) is 5.82 Å². The fraction of sp³-hybridized carbons (Fsp3) is 0.500. The molecule has 0 saturated carbocycles. The van der Waals surface area contributed by atoms with Gasteiger partial charge in [0.1, 0.15) is 0 Å². The molecule has 0 bridgehead atoms. The zero-order valence-electron chi connectivity index (χ0n) is 9.89. The van der Waals surface area contributed by atoms with E-state index in [2.05, 4.69) is 5.32 Å². The first kappa shape index (κ1) is 12.8. The second kappa shape index (κ2) is 5.77. The molecule has 1 atom stereocenters. The number of rotatable bonds is 4. The topological polar surface area (TPSA) is 64.4 Å². The minimum Gasteiger partial charge on any atom is -0.484 e. The highest BCUT2D eigenvalue weighted by atomic mass is 19.1. The summed E-state index contributed by atoms with van der Waals surface area (Å²) in [4.78, 5) is 10.1. The van der Waals surface area contributed by atoms with Gasteiger partial charge in [-0.25, -0.2) is 4.39 Å². The molecule has 1 heterocycles. The van der Waals surface area contributed by atoms with E-state index in [0.29, 0.717) is 6.61 Å². The lowest BCUT2D eigenvalue weighted by Gasteiger charge is -2.22. The number of nitro benzene ring substituents is 1. The van der Waals surface area contributed by atoms with Crippen molar-refractivity contribution in [2.45, 2.75) is 12.8 Å². The zero-order valence-corrected chi connectivity index (χ0v) is 9.89. The molecule has 18 heavy (non-hydrogen) atoms. The van der Waals surface area contributed by atoms with Crippen molar-refractivity contribution in [2.75, 3.05) is 19.7 Å². The van der Waals surface area contributed by atoms with Crippen LogP contribution in [-0.2, 0) is 0 Å². The Balaban J connectivity index is 2.05. The quantitative estimate of drug-likeness (QED) is 0.660. The van der Waals surface area contributed by atoms with E-state index >= 15 is 0 Å². The SMILES string of the molecule is O=[N+]([O-])c1cccc(F)c1OCC1CCCNC1. The van der Waals surface area contributed by atoms with E-state index < -0.39 is 10.7 Å². The molecule has 1 aliphatic heterocycles. The molecular formula is C12H15FN2O3. The summed E-state index contributed by atoms with van der Waals surface area (Å²) in [7, 11) is 0. The van der Waals surface area contributed by atoms with E-state index in [9.17, 15) is 14.5 Å². The van der Waals surface area contributed by atoms with Gasteiger partial charge in [-0.1, -0.05) is 6.07 Å². The van der Waals surface area contributed by atoms with Crippen molar-refractivity contribution in [3.8, 4) is 5.75 Å². The van der Waals surface area contributed by atoms with Crippen LogP contribution in [0.3, 0.4) is 0 Å². The lowest BCUT2D eigenvalue weighted by molar-refractivity contribution is -0.386. The maximum atomic E-state index is 13.5. The highest BCUT2D eigenvalue weighted by Crippen LogP contribution is 2.30. The molecule has 0 radical (unpaired) electrons. The van der Waals surface area contributed by atoms with Gasteiger partial charge in [0, 0.05) is 18.5 Å². The Labute approximate surface area is 104 Å². The smallest absolute Gasteiger partial charge is 0.314 e. The third-order valence-electron chi connectivity index (χ3n) is 3.01. The first-order chi connectivity index (χ1) is 8.68. The summed E-state index contributed by atoms with van der Waals surface area (Å²) in [6, 6.07) is 3.72. The monoisotopic (exact) mass is 254 g/mol. The molecular weight excluding hydrogens is 239 g/mol. The third-order valence-corrected chi connectivity index (χ3v) is 3.01.